The number of hydrogen-bond donors (Lipinski definition) is 2. The Kier molecular flexibility index (Phi) is 4.59. The largest absolute Gasteiger partial charge is 0.388 e. The summed E-state index contributed by atoms with van der Waals surface area (Å²) >= 11 is 5.72. The molecule has 0 aromatic heterocycles. The van der Waals surface area contributed by atoms with Gasteiger partial charge in [0, 0.05) is 11.4 Å². The monoisotopic (exact) mass is 227 g/mol. The Morgan fingerprint density at radius 2 is 2.00 bits per heavy atom. The Balaban J connectivity index is 2.43. The number of hydrogen-bond acceptors (Lipinski definition) is 2. The minimum Gasteiger partial charge on any atom is -0.388 e. The number of benzene rings is 1. The fourth-order valence-electron chi connectivity index (χ4n) is 1.32. The summed E-state index contributed by atoms with van der Waals surface area (Å²) in [6, 6.07) is 7.01. The first-order valence-electron chi connectivity index (χ1n) is 4.81. The van der Waals surface area contributed by atoms with Gasteiger partial charge in [-0.3, -0.25) is 4.79 Å². The molecule has 1 rings (SSSR count). The predicted octanol–water partition coefficient (Wildman–Crippen LogP) is 2.03. The Morgan fingerprint density at radius 1 is 1.40 bits per heavy atom. The number of rotatable bonds is 5. The Hall–Kier alpha value is -1.06. The normalized spacial score (nSPS) is 12.4. The number of halogens is 1. The SMILES string of the molecule is NC(=O)CCCC(O)c1ccc(Cl)cc1. The van der Waals surface area contributed by atoms with Crippen LogP contribution in [-0.2, 0) is 4.79 Å². The molecule has 0 aliphatic rings. The summed E-state index contributed by atoms with van der Waals surface area (Å²) in [7, 11) is 0. The van der Waals surface area contributed by atoms with Gasteiger partial charge in [-0.2, -0.15) is 0 Å². The molecule has 0 saturated carbocycles. The molecule has 1 aromatic carbocycles. The van der Waals surface area contributed by atoms with E-state index < -0.39 is 6.10 Å². The fraction of sp³-hybridized carbons (Fsp3) is 0.364. The highest BCUT2D eigenvalue weighted by atomic mass is 35.5. The molecule has 1 aromatic rings. The minimum atomic E-state index is -0.554. The van der Waals surface area contributed by atoms with Crippen LogP contribution in [-0.4, -0.2) is 11.0 Å². The molecule has 0 spiro atoms. The lowest BCUT2D eigenvalue weighted by molar-refractivity contribution is -0.118. The first kappa shape index (κ1) is 12.0. The molecular formula is C11H14ClNO2. The summed E-state index contributed by atoms with van der Waals surface area (Å²) in [5, 5.41) is 10.4. The number of primary amides is 1. The van der Waals surface area contributed by atoms with Crippen molar-refractivity contribution in [2.24, 2.45) is 5.73 Å². The van der Waals surface area contributed by atoms with Crippen LogP contribution in [0.5, 0.6) is 0 Å². The zero-order valence-electron chi connectivity index (χ0n) is 8.32. The zero-order chi connectivity index (χ0) is 11.3. The van der Waals surface area contributed by atoms with Gasteiger partial charge in [0.25, 0.3) is 0 Å². The van der Waals surface area contributed by atoms with Gasteiger partial charge in [0.2, 0.25) is 5.91 Å². The molecule has 1 amide bonds. The van der Waals surface area contributed by atoms with Crippen molar-refractivity contribution in [3.05, 3.63) is 34.9 Å². The van der Waals surface area contributed by atoms with Crippen LogP contribution in [0.2, 0.25) is 5.02 Å². The number of aliphatic hydroxyl groups is 1. The van der Waals surface area contributed by atoms with Gasteiger partial charge in [0.15, 0.2) is 0 Å². The third-order valence-corrected chi connectivity index (χ3v) is 2.41. The maximum atomic E-state index is 10.5. The topological polar surface area (TPSA) is 63.3 Å². The zero-order valence-corrected chi connectivity index (χ0v) is 9.07. The molecule has 4 heteroatoms. The fourth-order valence-corrected chi connectivity index (χ4v) is 1.45. The molecule has 0 saturated heterocycles. The van der Waals surface area contributed by atoms with Crippen LogP contribution < -0.4 is 5.73 Å². The molecule has 1 unspecified atom stereocenters. The van der Waals surface area contributed by atoms with Crippen molar-refractivity contribution in [1.29, 1.82) is 0 Å². The molecule has 3 N–H and O–H groups in total. The van der Waals surface area contributed by atoms with Crippen LogP contribution in [0.1, 0.15) is 30.9 Å². The van der Waals surface area contributed by atoms with E-state index in [1.165, 1.54) is 0 Å². The molecule has 1 atom stereocenters. The van der Waals surface area contributed by atoms with E-state index in [9.17, 15) is 9.90 Å². The molecule has 0 fully saturated rings. The molecule has 82 valence electrons. The van der Waals surface area contributed by atoms with Gasteiger partial charge >= 0.3 is 0 Å². The summed E-state index contributed by atoms with van der Waals surface area (Å²) < 4.78 is 0. The van der Waals surface area contributed by atoms with Crippen molar-refractivity contribution >= 4 is 17.5 Å². The van der Waals surface area contributed by atoms with Gasteiger partial charge in [0.1, 0.15) is 0 Å². The van der Waals surface area contributed by atoms with Crippen LogP contribution in [0.4, 0.5) is 0 Å². The standard InChI is InChI=1S/C11H14ClNO2/c12-9-6-4-8(5-7-9)10(14)2-1-3-11(13)15/h4-7,10,14H,1-3H2,(H2,13,15). The van der Waals surface area contributed by atoms with Crippen LogP contribution in [0, 0.1) is 0 Å². The van der Waals surface area contributed by atoms with Crippen LogP contribution in [0.15, 0.2) is 24.3 Å². The molecule has 0 bridgehead atoms. The number of aliphatic hydroxyl groups excluding tert-OH is 1. The highest BCUT2D eigenvalue weighted by molar-refractivity contribution is 6.30. The van der Waals surface area contributed by atoms with E-state index in [0.717, 1.165) is 5.56 Å². The molecule has 3 nitrogen and oxygen atoms in total. The third kappa shape index (κ3) is 4.32. The number of nitrogens with two attached hydrogens (primary N) is 1. The van der Waals surface area contributed by atoms with Crippen molar-refractivity contribution in [1.82, 2.24) is 0 Å². The number of carbonyl (C=O) groups excluding carboxylic acids is 1. The van der Waals surface area contributed by atoms with Crippen LogP contribution >= 0.6 is 11.6 Å². The van der Waals surface area contributed by atoms with Gasteiger partial charge in [0.05, 0.1) is 6.10 Å². The second-order valence-electron chi connectivity index (χ2n) is 3.43. The Bertz CT molecular complexity index is 324. The van der Waals surface area contributed by atoms with Gasteiger partial charge in [-0.1, -0.05) is 23.7 Å². The van der Waals surface area contributed by atoms with Crippen molar-refractivity contribution < 1.29 is 9.90 Å². The minimum absolute atomic E-state index is 0.310. The molecular weight excluding hydrogens is 214 g/mol. The van der Waals surface area contributed by atoms with Crippen LogP contribution in [0.3, 0.4) is 0 Å². The van der Waals surface area contributed by atoms with Crippen molar-refractivity contribution in [2.45, 2.75) is 25.4 Å². The van der Waals surface area contributed by atoms with Crippen molar-refractivity contribution in [3.63, 3.8) is 0 Å². The smallest absolute Gasteiger partial charge is 0.217 e. The summed E-state index contributed by atoms with van der Waals surface area (Å²) in [4.78, 5) is 10.5. The summed E-state index contributed by atoms with van der Waals surface area (Å²) in [5.41, 5.74) is 5.81. The first-order valence-corrected chi connectivity index (χ1v) is 5.19. The van der Waals surface area contributed by atoms with E-state index in [2.05, 4.69) is 0 Å². The van der Waals surface area contributed by atoms with E-state index in [-0.39, 0.29) is 5.91 Å². The Labute approximate surface area is 93.9 Å². The quantitative estimate of drug-likeness (QED) is 0.809. The molecule has 0 heterocycles. The second kappa shape index (κ2) is 5.73. The van der Waals surface area contributed by atoms with E-state index in [0.29, 0.717) is 24.3 Å². The second-order valence-corrected chi connectivity index (χ2v) is 3.86. The Morgan fingerprint density at radius 3 is 2.53 bits per heavy atom. The lowest BCUT2D eigenvalue weighted by Gasteiger charge is -2.09. The number of amides is 1. The first-order chi connectivity index (χ1) is 7.09. The molecule has 15 heavy (non-hydrogen) atoms. The number of carbonyl (C=O) groups is 1. The third-order valence-electron chi connectivity index (χ3n) is 2.16. The van der Waals surface area contributed by atoms with Gasteiger partial charge < -0.3 is 10.8 Å². The van der Waals surface area contributed by atoms with Crippen molar-refractivity contribution in [2.75, 3.05) is 0 Å². The van der Waals surface area contributed by atoms with Gasteiger partial charge in [-0.15, -0.1) is 0 Å². The summed E-state index contributed by atoms with van der Waals surface area (Å²) in [5.74, 6) is -0.335. The predicted molar refractivity (Wildman–Crippen MR) is 59.5 cm³/mol. The summed E-state index contributed by atoms with van der Waals surface area (Å²) in [6.07, 6.45) is 0.885. The van der Waals surface area contributed by atoms with Crippen LogP contribution in [0.25, 0.3) is 0 Å². The molecule has 0 aliphatic heterocycles. The van der Waals surface area contributed by atoms with Gasteiger partial charge in [-0.05, 0) is 30.5 Å². The maximum Gasteiger partial charge on any atom is 0.217 e. The highest BCUT2D eigenvalue weighted by Crippen LogP contribution is 2.20. The lowest BCUT2D eigenvalue weighted by Crippen LogP contribution is -2.10. The van der Waals surface area contributed by atoms with Crippen molar-refractivity contribution in [3.8, 4) is 0 Å². The average molecular weight is 228 g/mol. The van der Waals surface area contributed by atoms with E-state index >= 15 is 0 Å². The average Bonchev–Trinajstić information content (AvgIpc) is 2.18. The summed E-state index contributed by atoms with van der Waals surface area (Å²) in [6.45, 7) is 0. The lowest BCUT2D eigenvalue weighted by atomic mass is 10.0. The van der Waals surface area contributed by atoms with Gasteiger partial charge in [-0.25, -0.2) is 0 Å². The highest BCUT2D eigenvalue weighted by Gasteiger charge is 2.07. The van der Waals surface area contributed by atoms with E-state index in [1.54, 1.807) is 24.3 Å². The maximum absolute atomic E-state index is 10.5. The van der Waals surface area contributed by atoms with E-state index in [1.807, 2.05) is 0 Å². The van der Waals surface area contributed by atoms with E-state index in [4.69, 9.17) is 17.3 Å². The molecule has 0 aliphatic carbocycles. The molecule has 0 radical (unpaired) electrons.